The predicted molar refractivity (Wildman–Crippen MR) is 86.8 cm³/mol. The molecule has 1 aliphatic heterocycles. The van der Waals surface area contributed by atoms with Crippen LogP contribution in [0.3, 0.4) is 0 Å². The number of aliphatic imine (C=N–C) groups is 2. The number of benzene rings is 1. The van der Waals surface area contributed by atoms with Gasteiger partial charge in [-0.2, -0.15) is 4.99 Å². The van der Waals surface area contributed by atoms with Crippen molar-refractivity contribution in [3.63, 3.8) is 0 Å². The first-order valence-electron chi connectivity index (χ1n) is 6.65. The smallest absolute Gasteiger partial charge is 0.223 e. The molecule has 0 aliphatic carbocycles. The molecule has 0 amide bonds. The summed E-state index contributed by atoms with van der Waals surface area (Å²) >= 11 is 0. The summed E-state index contributed by atoms with van der Waals surface area (Å²) in [6.45, 7) is 3.92. The van der Waals surface area contributed by atoms with E-state index in [9.17, 15) is 0 Å². The Morgan fingerprint density at radius 3 is 2.50 bits per heavy atom. The lowest BCUT2D eigenvalue weighted by molar-refractivity contribution is 0.339. The Bertz CT molecular complexity index is 492. The summed E-state index contributed by atoms with van der Waals surface area (Å²) in [6, 6.07) is 7.81. The van der Waals surface area contributed by atoms with Crippen LogP contribution in [-0.4, -0.2) is 29.9 Å². The van der Waals surface area contributed by atoms with Crippen molar-refractivity contribution in [1.82, 2.24) is 4.90 Å². The van der Waals surface area contributed by atoms with Gasteiger partial charge >= 0.3 is 0 Å². The van der Waals surface area contributed by atoms with Crippen LogP contribution in [0.25, 0.3) is 0 Å². The highest BCUT2D eigenvalue weighted by Crippen LogP contribution is 2.13. The van der Waals surface area contributed by atoms with Gasteiger partial charge in [0.25, 0.3) is 0 Å². The van der Waals surface area contributed by atoms with Crippen LogP contribution in [0.5, 0.6) is 0 Å². The number of likely N-dealkylation sites (tertiary alicyclic amines) is 1. The minimum atomic E-state index is 0. The number of aryl methyl sites for hydroxylation is 1. The number of guanidine groups is 2. The minimum Gasteiger partial charge on any atom is -0.369 e. The molecule has 1 heterocycles. The number of nitrogens with zero attached hydrogens (tertiary/aromatic N) is 3. The van der Waals surface area contributed by atoms with E-state index in [1.54, 1.807) is 0 Å². The fourth-order valence-corrected chi connectivity index (χ4v) is 2.17. The second-order valence-corrected chi connectivity index (χ2v) is 4.83. The monoisotopic (exact) mass is 295 g/mol. The number of rotatable bonds is 1. The molecule has 0 radical (unpaired) electrons. The van der Waals surface area contributed by atoms with Crippen LogP contribution in [0.2, 0.25) is 0 Å². The number of hydrogen-bond donors (Lipinski definition) is 2. The van der Waals surface area contributed by atoms with Crippen molar-refractivity contribution < 1.29 is 0 Å². The van der Waals surface area contributed by atoms with Crippen molar-refractivity contribution in [3.8, 4) is 0 Å². The van der Waals surface area contributed by atoms with Crippen LogP contribution in [-0.2, 0) is 0 Å². The molecule has 2 rings (SSSR count). The van der Waals surface area contributed by atoms with Crippen LogP contribution in [0.1, 0.15) is 24.8 Å². The van der Waals surface area contributed by atoms with Crippen molar-refractivity contribution in [2.24, 2.45) is 21.5 Å². The van der Waals surface area contributed by atoms with Crippen molar-refractivity contribution in [2.45, 2.75) is 26.2 Å². The second kappa shape index (κ2) is 7.75. The van der Waals surface area contributed by atoms with Crippen LogP contribution >= 0.6 is 12.4 Å². The van der Waals surface area contributed by atoms with Crippen LogP contribution < -0.4 is 11.5 Å². The van der Waals surface area contributed by atoms with Gasteiger partial charge in [-0.25, -0.2) is 4.99 Å². The van der Waals surface area contributed by atoms with Gasteiger partial charge < -0.3 is 16.4 Å². The van der Waals surface area contributed by atoms with E-state index in [0.29, 0.717) is 5.96 Å². The van der Waals surface area contributed by atoms with E-state index < -0.39 is 0 Å². The zero-order valence-electron chi connectivity index (χ0n) is 11.7. The molecular formula is C14H22ClN5. The maximum absolute atomic E-state index is 5.95. The Morgan fingerprint density at radius 1 is 1.15 bits per heavy atom. The van der Waals surface area contributed by atoms with Crippen LogP contribution in [0.15, 0.2) is 34.3 Å². The fourth-order valence-electron chi connectivity index (χ4n) is 2.17. The van der Waals surface area contributed by atoms with Crippen molar-refractivity contribution in [2.75, 3.05) is 13.1 Å². The Labute approximate surface area is 126 Å². The summed E-state index contributed by atoms with van der Waals surface area (Å²) in [7, 11) is 0. The van der Waals surface area contributed by atoms with Gasteiger partial charge in [0.05, 0.1) is 5.69 Å². The normalized spacial score (nSPS) is 16.8. The summed E-state index contributed by atoms with van der Waals surface area (Å²) < 4.78 is 0. The van der Waals surface area contributed by atoms with Crippen LogP contribution in [0.4, 0.5) is 5.69 Å². The average molecular weight is 296 g/mol. The molecule has 1 aromatic carbocycles. The Hall–Kier alpha value is -1.75. The van der Waals surface area contributed by atoms with Gasteiger partial charge in [-0.3, -0.25) is 0 Å². The van der Waals surface area contributed by atoms with E-state index >= 15 is 0 Å². The molecule has 1 aromatic rings. The molecule has 1 fully saturated rings. The third-order valence-electron chi connectivity index (χ3n) is 3.15. The molecule has 0 saturated carbocycles. The lowest BCUT2D eigenvalue weighted by atomic mass is 10.1. The van der Waals surface area contributed by atoms with E-state index in [4.69, 9.17) is 11.5 Å². The van der Waals surface area contributed by atoms with E-state index in [0.717, 1.165) is 37.2 Å². The summed E-state index contributed by atoms with van der Waals surface area (Å²) in [5, 5.41) is 0. The SMILES string of the molecule is Cc1cccc(N=C(N)/N=C(/N)N2CCCCC2)c1.Cl. The third-order valence-corrected chi connectivity index (χ3v) is 3.15. The van der Waals surface area contributed by atoms with Crippen molar-refractivity contribution in [3.05, 3.63) is 29.8 Å². The van der Waals surface area contributed by atoms with E-state index in [-0.39, 0.29) is 18.4 Å². The molecule has 5 nitrogen and oxygen atoms in total. The highest BCUT2D eigenvalue weighted by molar-refractivity contribution is 5.94. The summed E-state index contributed by atoms with van der Waals surface area (Å²) in [5.41, 5.74) is 13.7. The average Bonchev–Trinajstić information content (AvgIpc) is 2.39. The van der Waals surface area contributed by atoms with Crippen molar-refractivity contribution >= 4 is 30.0 Å². The lowest BCUT2D eigenvalue weighted by Crippen LogP contribution is -2.41. The maximum atomic E-state index is 5.95. The highest BCUT2D eigenvalue weighted by atomic mass is 35.5. The van der Waals surface area contributed by atoms with Gasteiger partial charge in [0.1, 0.15) is 0 Å². The quantitative estimate of drug-likeness (QED) is 0.615. The summed E-state index contributed by atoms with van der Waals surface area (Å²) in [5.74, 6) is 0.669. The maximum Gasteiger partial charge on any atom is 0.223 e. The van der Waals surface area contributed by atoms with E-state index in [1.807, 2.05) is 31.2 Å². The van der Waals surface area contributed by atoms with Gasteiger partial charge in [-0.15, -0.1) is 12.4 Å². The number of hydrogen-bond acceptors (Lipinski definition) is 1. The molecule has 0 spiro atoms. The number of nitrogens with two attached hydrogens (primary N) is 2. The van der Waals surface area contributed by atoms with Gasteiger partial charge in [-0.05, 0) is 43.9 Å². The zero-order chi connectivity index (χ0) is 13.7. The number of halogens is 1. The zero-order valence-corrected chi connectivity index (χ0v) is 12.6. The number of piperidine rings is 1. The standard InChI is InChI=1S/C14H21N5.ClH/c1-11-6-5-7-12(10-11)17-13(15)18-14(16)19-8-3-2-4-9-19;/h5-7,10H,2-4,8-9H2,1H3,(H4,15,16,17,18);1H. The first kappa shape index (κ1) is 16.3. The Morgan fingerprint density at radius 2 is 1.85 bits per heavy atom. The molecular weight excluding hydrogens is 274 g/mol. The predicted octanol–water partition coefficient (Wildman–Crippen LogP) is 2.16. The molecule has 110 valence electrons. The van der Waals surface area contributed by atoms with Gasteiger partial charge in [0, 0.05) is 13.1 Å². The molecule has 0 aromatic heterocycles. The second-order valence-electron chi connectivity index (χ2n) is 4.83. The van der Waals surface area contributed by atoms with E-state index in [2.05, 4.69) is 14.9 Å². The highest BCUT2D eigenvalue weighted by Gasteiger charge is 2.12. The molecule has 6 heteroatoms. The first-order chi connectivity index (χ1) is 9.15. The van der Waals surface area contributed by atoms with E-state index in [1.165, 1.54) is 6.42 Å². The Kier molecular flexibility index (Phi) is 6.31. The lowest BCUT2D eigenvalue weighted by Gasteiger charge is -2.27. The largest absolute Gasteiger partial charge is 0.369 e. The van der Waals surface area contributed by atoms with Gasteiger partial charge in [-0.1, -0.05) is 12.1 Å². The molecule has 0 unspecified atom stereocenters. The van der Waals surface area contributed by atoms with Gasteiger partial charge in [0.15, 0.2) is 5.96 Å². The molecule has 1 saturated heterocycles. The summed E-state index contributed by atoms with van der Waals surface area (Å²) in [4.78, 5) is 10.5. The third kappa shape index (κ3) is 4.74. The molecule has 1 aliphatic rings. The first-order valence-corrected chi connectivity index (χ1v) is 6.65. The fraction of sp³-hybridized carbons (Fsp3) is 0.429. The molecule has 0 atom stereocenters. The van der Waals surface area contributed by atoms with Gasteiger partial charge in [0.2, 0.25) is 5.96 Å². The molecule has 20 heavy (non-hydrogen) atoms. The molecule has 4 N–H and O–H groups in total. The molecule has 0 bridgehead atoms. The summed E-state index contributed by atoms with van der Waals surface area (Å²) in [6.07, 6.45) is 3.58. The minimum absolute atomic E-state index is 0. The van der Waals surface area contributed by atoms with Crippen molar-refractivity contribution in [1.29, 1.82) is 0 Å². The Balaban J connectivity index is 0.00000200. The topological polar surface area (TPSA) is 80.0 Å². The van der Waals surface area contributed by atoms with Crippen LogP contribution in [0, 0.1) is 6.92 Å².